The summed E-state index contributed by atoms with van der Waals surface area (Å²) < 4.78 is 56.4. The minimum absolute atomic E-state index is 0.0524. The van der Waals surface area contributed by atoms with Gasteiger partial charge in [-0.05, 0) is 30.5 Å². The second-order valence-electron chi connectivity index (χ2n) is 8.18. The summed E-state index contributed by atoms with van der Waals surface area (Å²) in [6.45, 7) is 0.423. The van der Waals surface area contributed by atoms with Crippen LogP contribution in [0.5, 0.6) is 0 Å². The minimum atomic E-state index is -2.65. The smallest absolute Gasteiger partial charge is 0.250 e. The lowest BCUT2D eigenvalue weighted by atomic mass is 9.82. The summed E-state index contributed by atoms with van der Waals surface area (Å²) in [7, 11) is 0. The van der Waals surface area contributed by atoms with Gasteiger partial charge in [0.1, 0.15) is 5.82 Å². The predicted molar refractivity (Wildman–Crippen MR) is 114 cm³/mol. The fourth-order valence-electron chi connectivity index (χ4n) is 4.38. The van der Waals surface area contributed by atoms with Gasteiger partial charge in [-0.3, -0.25) is 20.4 Å². The van der Waals surface area contributed by atoms with Crippen LogP contribution in [0.1, 0.15) is 30.4 Å². The molecule has 33 heavy (non-hydrogen) atoms. The van der Waals surface area contributed by atoms with Crippen molar-refractivity contribution in [2.75, 3.05) is 11.4 Å². The molecule has 0 atom stereocenters. The van der Waals surface area contributed by atoms with Crippen LogP contribution in [-0.4, -0.2) is 33.3 Å². The maximum atomic E-state index is 14.9. The monoisotopic (exact) mass is 454 g/mol. The fraction of sp³-hybridized carbons (Fsp3) is 0.304. The van der Waals surface area contributed by atoms with Gasteiger partial charge in [0.25, 0.3) is 5.92 Å². The molecule has 1 fully saturated rings. The van der Waals surface area contributed by atoms with E-state index in [2.05, 4.69) is 21.8 Å². The molecule has 6 nitrogen and oxygen atoms in total. The van der Waals surface area contributed by atoms with Crippen molar-refractivity contribution in [1.29, 1.82) is 10.8 Å². The molecule has 0 radical (unpaired) electrons. The number of benzene rings is 1. The number of fused-ring (bicyclic) bond motifs is 2. The van der Waals surface area contributed by atoms with Crippen molar-refractivity contribution >= 4 is 28.7 Å². The highest BCUT2D eigenvalue weighted by atomic mass is 19.3. The first-order valence-corrected chi connectivity index (χ1v) is 10.4. The Morgan fingerprint density at radius 3 is 2.70 bits per heavy atom. The largest absolute Gasteiger partial charge is 0.324 e. The zero-order valence-electron chi connectivity index (χ0n) is 17.3. The lowest BCUT2D eigenvalue weighted by Gasteiger charge is -2.32. The van der Waals surface area contributed by atoms with E-state index in [9.17, 15) is 17.6 Å². The number of nitrogens with zero attached hydrogens (tertiary/aromatic N) is 4. The number of halogens is 4. The molecule has 0 unspecified atom stereocenters. The quantitative estimate of drug-likeness (QED) is 0.265. The second-order valence-corrected chi connectivity index (χ2v) is 8.18. The van der Waals surface area contributed by atoms with Gasteiger partial charge in [-0.15, -0.1) is 0 Å². The highest BCUT2D eigenvalue weighted by Crippen LogP contribution is 2.42. The van der Waals surface area contributed by atoms with E-state index in [4.69, 9.17) is 10.8 Å². The summed E-state index contributed by atoms with van der Waals surface area (Å²) in [5.74, 6) is 0.726. The Labute approximate surface area is 185 Å². The van der Waals surface area contributed by atoms with Gasteiger partial charge < -0.3 is 4.90 Å². The number of anilines is 2. The molecule has 1 aromatic carbocycles. The van der Waals surface area contributed by atoms with Gasteiger partial charge in [-0.1, -0.05) is 11.8 Å². The van der Waals surface area contributed by atoms with Gasteiger partial charge in [-0.25, -0.2) is 17.6 Å². The third-order valence-corrected chi connectivity index (χ3v) is 6.02. The molecule has 0 amide bonds. The average Bonchev–Trinajstić information content (AvgIpc) is 2.77. The van der Waals surface area contributed by atoms with Crippen LogP contribution in [0.25, 0.3) is 10.9 Å². The van der Waals surface area contributed by atoms with Crippen LogP contribution in [0.2, 0.25) is 0 Å². The summed E-state index contributed by atoms with van der Waals surface area (Å²) in [4.78, 5) is 10.1. The van der Waals surface area contributed by atoms with Crippen molar-refractivity contribution in [3.05, 3.63) is 52.9 Å². The van der Waals surface area contributed by atoms with Crippen molar-refractivity contribution in [3.8, 4) is 11.8 Å². The van der Waals surface area contributed by atoms with Crippen LogP contribution in [-0.2, 0) is 6.42 Å². The number of rotatable bonds is 2. The van der Waals surface area contributed by atoms with Crippen LogP contribution in [0.3, 0.4) is 0 Å². The van der Waals surface area contributed by atoms with Crippen LogP contribution in [0.15, 0.2) is 24.5 Å². The van der Waals surface area contributed by atoms with Gasteiger partial charge >= 0.3 is 0 Å². The molecular formula is C23H18F4N6. The molecule has 168 valence electrons. The van der Waals surface area contributed by atoms with Crippen molar-refractivity contribution < 1.29 is 17.6 Å². The summed E-state index contributed by atoms with van der Waals surface area (Å²) in [5, 5.41) is 15.6. The topological polar surface area (TPSA) is 81.7 Å². The van der Waals surface area contributed by atoms with Crippen LogP contribution in [0.4, 0.5) is 29.1 Å². The third kappa shape index (κ3) is 3.53. The predicted octanol–water partition coefficient (Wildman–Crippen LogP) is 4.13. The second kappa shape index (κ2) is 7.69. The third-order valence-electron chi connectivity index (χ3n) is 6.02. The molecule has 5 rings (SSSR count). The molecule has 1 saturated carbocycles. The number of hydrogen-bond donors (Lipinski definition) is 2. The van der Waals surface area contributed by atoms with Crippen molar-refractivity contribution in [3.63, 3.8) is 0 Å². The molecule has 0 spiro atoms. The number of hydrogen-bond acceptors (Lipinski definition) is 5. The highest BCUT2D eigenvalue weighted by molar-refractivity contribution is 5.95. The standard InChI is InChI=1S/C23H18F4N6/c24-16-5-6-17-19(20(16)25)21(31-22(29)33(17)12-28)32-7-1-2-15-14(10-30-11-18(15)32)4-3-13-8-23(26,27)9-13/h5-6,10-13,28-29H,1-2,7-9H2. The van der Waals surface area contributed by atoms with E-state index in [-0.39, 0.29) is 41.1 Å². The van der Waals surface area contributed by atoms with E-state index >= 15 is 0 Å². The highest BCUT2D eigenvalue weighted by Gasteiger charge is 2.44. The first kappa shape index (κ1) is 21.1. The van der Waals surface area contributed by atoms with E-state index in [1.165, 1.54) is 6.07 Å². The average molecular weight is 454 g/mol. The van der Waals surface area contributed by atoms with Crippen LogP contribution < -0.4 is 10.5 Å². The molecule has 3 heterocycles. The normalized spacial score (nSPS) is 17.2. The summed E-state index contributed by atoms with van der Waals surface area (Å²) in [6.07, 6.45) is 4.76. The van der Waals surface area contributed by atoms with Gasteiger partial charge in [0.2, 0.25) is 5.62 Å². The Kier molecular flexibility index (Phi) is 4.92. The maximum Gasteiger partial charge on any atom is 0.250 e. The van der Waals surface area contributed by atoms with E-state index in [0.717, 1.165) is 22.5 Å². The summed E-state index contributed by atoms with van der Waals surface area (Å²) in [6, 6.07) is 2.26. The van der Waals surface area contributed by atoms with Crippen LogP contribution >= 0.6 is 0 Å². The van der Waals surface area contributed by atoms with E-state index in [0.29, 0.717) is 30.6 Å². The molecule has 2 aliphatic rings. The Balaban J connectivity index is 1.64. The Bertz CT molecular complexity index is 1410. The Morgan fingerprint density at radius 1 is 1.18 bits per heavy atom. The molecular weight excluding hydrogens is 436 g/mol. The molecule has 1 aliphatic carbocycles. The summed E-state index contributed by atoms with van der Waals surface area (Å²) in [5.41, 5.74) is 1.84. The number of alkyl halides is 2. The fourth-order valence-corrected chi connectivity index (χ4v) is 4.38. The number of nitrogens with one attached hydrogen (secondary N) is 2. The van der Waals surface area contributed by atoms with E-state index < -0.39 is 17.6 Å². The van der Waals surface area contributed by atoms with Crippen molar-refractivity contribution in [1.82, 2.24) is 14.5 Å². The van der Waals surface area contributed by atoms with Crippen molar-refractivity contribution in [2.24, 2.45) is 5.92 Å². The van der Waals surface area contributed by atoms with Crippen molar-refractivity contribution in [2.45, 2.75) is 31.6 Å². The first-order valence-electron chi connectivity index (χ1n) is 10.4. The molecule has 0 saturated heterocycles. The zero-order chi connectivity index (χ0) is 23.3. The summed E-state index contributed by atoms with van der Waals surface area (Å²) >= 11 is 0. The van der Waals surface area contributed by atoms with Gasteiger partial charge in [-0.2, -0.15) is 4.98 Å². The lowest BCUT2D eigenvalue weighted by molar-refractivity contribution is -0.0936. The van der Waals surface area contributed by atoms with Gasteiger partial charge in [0.15, 0.2) is 11.6 Å². The maximum absolute atomic E-state index is 14.9. The molecule has 10 heteroatoms. The minimum Gasteiger partial charge on any atom is -0.324 e. The molecule has 0 bridgehead atoms. The van der Waals surface area contributed by atoms with Gasteiger partial charge in [0.05, 0.1) is 29.1 Å². The SMILES string of the molecule is N=Cn1c(=N)nc(N2CCCc3c(C#CC4CC(F)(F)C4)cncc32)c2c(F)c(F)ccc21. The number of pyridine rings is 1. The van der Waals surface area contributed by atoms with E-state index in [1.54, 1.807) is 17.3 Å². The number of aromatic nitrogens is 3. The van der Waals surface area contributed by atoms with Crippen LogP contribution in [0, 0.1) is 40.2 Å². The molecule has 1 aliphatic heterocycles. The zero-order valence-corrected chi connectivity index (χ0v) is 17.3. The van der Waals surface area contributed by atoms with Gasteiger partial charge in [0, 0.05) is 37.1 Å². The molecule has 2 aromatic heterocycles. The van der Waals surface area contributed by atoms with E-state index in [1.807, 2.05) is 0 Å². The molecule has 3 aromatic rings. The first-order chi connectivity index (χ1) is 15.8. The lowest BCUT2D eigenvalue weighted by Crippen LogP contribution is -2.34. The molecule has 2 N–H and O–H groups in total. The Hall–Kier alpha value is -3.74. The Morgan fingerprint density at radius 2 is 1.97 bits per heavy atom.